The third-order valence-corrected chi connectivity index (χ3v) is 8.28. The summed E-state index contributed by atoms with van der Waals surface area (Å²) in [5.74, 6) is 0.0986. The summed E-state index contributed by atoms with van der Waals surface area (Å²) in [6.45, 7) is 6.87. The van der Waals surface area contributed by atoms with Crippen molar-refractivity contribution in [2.45, 2.75) is 19.9 Å². The fourth-order valence-corrected chi connectivity index (χ4v) is 6.18. The van der Waals surface area contributed by atoms with E-state index in [2.05, 4.69) is 21.8 Å². The van der Waals surface area contributed by atoms with Crippen LogP contribution in [0.3, 0.4) is 0 Å². The normalized spacial score (nSPS) is 17.7. The summed E-state index contributed by atoms with van der Waals surface area (Å²) in [7, 11) is 3.62. The topological polar surface area (TPSA) is 120 Å². The summed E-state index contributed by atoms with van der Waals surface area (Å²) in [6.07, 6.45) is 1.69. The standard InChI is InChI=1S/C29H31N5O6S/c1-5-40-28(36)25-18(2)30-29-33(26(25)19-6-9-22(39-4)10-7-19)27(35)24(41-29)17-20-16-21(34(37)38)8-11-23(20)32-14-12-31(3)13-15-32/h6-11,16-17,26H,5,12-15H2,1-4H3/b24-17+. The molecule has 0 radical (unpaired) electrons. The molecule has 2 aromatic carbocycles. The lowest BCUT2D eigenvalue weighted by molar-refractivity contribution is -0.384. The van der Waals surface area contributed by atoms with Gasteiger partial charge in [-0.25, -0.2) is 9.79 Å². The number of rotatable bonds is 7. The third-order valence-electron chi connectivity index (χ3n) is 7.30. The number of fused-ring (bicyclic) bond motifs is 1. The Balaban J connectivity index is 1.69. The predicted molar refractivity (Wildman–Crippen MR) is 156 cm³/mol. The van der Waals surface area contributed by atoms with E-state index in [1.165, 1.54) is 28.0 Å². The van der Waals surface area contributed by atoms with E-state index in [9.17, 15) is 19.7 Å². The summed E-state index contributed by atoms with van der Waals surface area (Å²) >= 11 is 1.18. The molecule has 11 nitrogen and oxygen atoms in total. The summed E-state index contributed by atoms with van der Waals surface area (Å²) in [5, 5.41) is 11.6. The first-order chi connectivity index (χ1) is 19.7. The van der Waals surface area contributed by atoms with Gasteiger partial charge in [0.25, 0.3) is 11.2 Å². The number of likely N-dealkylation sites (N-methyl/N-ethyl adjacent to an activating group) is 1. The van der Waals surface area contributed by atoms with Crippen LogP contribution >= 0.6 is 11.3 Å². The van der Waals surface area contributed by atoms with Gasteiger partial charge in [-0.3, -0.25) is 19.5 Å². The Hall–Kier alpha value is -4.29. The Morgan fingerprint density at radius 3 is 2.51 bits per heavy atom. The van der Waals surface area contributed by atoms with Gasteiger partial charge in [-0.15, -0.1) is 0 Å². The zero-order chi connectivity index (χ0) is 29.3. The number of nitro benzene ring substituents is 1. The van der Waals surface area contributed by atoms with Crippen LogP contribution in [0.4, 0.5) is 11.4 Å². The van der Waals surface area contributed by atoms with Crippen LogP contribution in [0.25, 0.3) is 6.08 Å². The minimum Gasteiger partial charge on any atom is -0.497 e. The predicted octanol–water partition coefficient (Wildman–Crippen LogP) is 2.47. The number of allylic oxidation sites excluding steroid dienone is 1. The summed E-state index contributed by atoms with van der Waals surface area (Å²) in [4.78, 5) is 47.8. The van der Waals surface area contributed by atoms with Crippen LogP contribution in [0.1, 0.15) is 31.0 Å². The van der Waals surface area contributed by atoms with Gasteiger partial charge in [-0.2, -0.15) is 0 Å². The molecular weight excluding hydrogens is 546 g/mol. The van der Waals surface area contributed by atoms with Crippen LogP contribution in [0.15, 0.2) is 63.5 Å². The van der Waals surface area contributed by atoms with Crippen LogP contribution in [0.2, 0.25) is 0 Å². The van der Waals surface area contributed by atoms with Gasteiger partial charge in [0.2, 0.25) is 0 Å². The van der Waals surface area contributed by atoms with Crippen molar-refractivity contribution in [3.05, 3.63) is 94.7 Å². The van der Waals surface area contributed by atoms with Crippen LogP contribution in [-0.2, 0) is 9.53 Å². The van der Waals surface area contributed by atoms with Gasteiger partial charge in [0.1, 0.15) is 5.75 Å². The minimum absolute atomic E-state index is 0.0570. The van der Waals surface area contributed by atoms with E-state index in [-0.39, 0.29) is 23.4 Å². The average molecular weight is 578 g/mol. The van der Waals surface area contributed by atoms with Crippen molar-refractivity contribution in [1.29, 1.82) is 0 Å². The Kier molecular flexibility index (Phi) is 8.04. The Bertz CT molecular complexity index is 1700. The van der Waals surface area contributed by atoms with Gasteiger partial charge in [0.05, 0.1) is 40.5 Å². The van der Waals surface area contributed by atoms with Gasteiger partial charge in [0, 0.05) is 49.6 Å². The molecule has 1 aromatic heterocycles. The Morgan fingerprint density at radius 2 is 1.88 bits per heavy atom. The lowest BCUT2D eigenvalue weighted by atomic mass is 9.96. The number of anilines is 1. The number of benzene rings is 2. The number of piperazine rings is 1. The van der Waals surface area contributed by atoms with Crippen LogP contribution < -0.4 is 24.5 Å². The second-order valence-electron chi connectivity index (χ2n) is 9.87. The van der Waals surface area contributed by atoms with Gasteiger partial charge < -0.3 is 19.3 Å². The number of nitrogens with zero attached hydrogens (tertiary/aromatic N) is 5. The number of ether oxygens (including phenoxy) is 2. The second kappa shape index (κ2) is 11.7. The maximum absolute atomic E-state index is 14.0. The first kappa shape index (κ1) is 28.2. The van der Waals surface area contributed by atoms with E-state index in [4.69, 9.17) is 9.47 Å². The number of carbonyl (C=O) groups is 1. The molecule has 214 valence electrons. The van der Waals surface area contributed by atoms with Gasteiger partial charge in [0.15, 0.2) is 4.80 Å². The Labute approximate surface area is 240 Å². The highest BCUT2D eigenvalue weighted by atomic mass is 32.1. The molecule has 0 spiro atoms. The SMILES string of the molecule is CCOC(=O)C1=C(C)N=c2s/c(=C/c3cc([N+](=O)[O-])ccc3N3CCN(C)CC3)c(=O)n2C1c1ccc(OC)cc1. The molecule has 5 rings (SSSR count). The monoisotopic (exact) mass is 577 g/mol. The van der Waals surface area contributed by atoms with Gasteiger partial charge >= 0.3 is 5.97 Å². The number of carbonyl (C=O) groups excluding carboxylic acids is 1. The number of non-ortho nitro benzene ring substituents is 1. The van der Waals surface area contributed by atoms with E-state index in [1.807, 2.05) is 12.1 Å². The van der Waals surface area contributed by atoms with Crippen molar-refractivity contribution < 1.29 is 19.2 Å². The van der Waals surface area contributed by atoms with Gasteiger partial charge in [-0.05, 0) is 50.7 Å². The number of aromatic nitrogens is 1. The van der Waals surface area contributed by atoms with E-state index in [1.54, 1.807) is 45.2 Å². The molecule has 1 fully saturated rings. The Morgan fingerprint density at radius 1 is 1.17 bits per heavy atom. The molecule has 41 heavy (non-hydrogen) atoms. The molecular formula is C29H31N5O6S. The molecule has 1 saturated heterocycles. The first-order valence-electron chi connectivity index (χ1n) is 13.3. The molecule has 3 aromatic rings. The highest BCUT2D eigenvalue weighted by Crippen LogP contribution is 2.32. The van der Waals surface area contributed by atoms with Crippen LogP contribution in [0.5, 0.6) is 5.75 Å². The minimum atomic E-state index is -0.763. The van der Waals surface area contributed by atoms with Crippen molar-refractivity contribution >= 4 is 34.8 Å². The molecule has 0 amide bonds. The van der Waals surface area contributed by atoms with Crippen LogP contribution in [-0.4, -0.2) is 67.3 Å². The largest absolute Gasteiger partial charge is 0.497 e. The smallest absolute Gasteiger partial charge is 0.338 e. The molecule has 1 atom stereocenters. The maximum atomic E-state index is 14.0. The molecule has 3 heterocycles. The van der Waals surface area contributed by atoms with E-state index in [0.29, 0.717) is 31.9 Å². The number of thiazole rings is 1. The first-order valence-corrected chi connectivity index (χ1v) is 14.1. The number of hydrogen-bond acceptors (Lipinski definition) is 10. The zero-order valence-electron chi connectivity index (χ0n) is 23.3. The number of esters is 1. The lowest BCUT2D eigenvalue weighted by Crippen LogP contribution is -2.44. The lowest BCUT2D eigenvalue weighted by Gasteiger charge is -2.34. The molecule has 1 unspecified atom stereocenters. The molecule has 0 saturated carbocycles. The molecule has 2 aliphatic heterocycles. The molecule has 2 aliphatic rings. The van der Waals surface area contributed by atoms with Crippen molar-refractivity contribution in [2.24, 2.45) is 4.99 Å². The second-order valence-corrected chi connectivity index (χ2v) is 10.9. The highest BCUT2D eigenvalue weighted by molar-refractivity contribution is 7.07. The highest BCUT2D eigenvalue weighted by Gasteiger charge is 2.33. The molecule has 12 heteroatoms. The summed E-state index contributed by atoms with van der Waals surface area (Å²) in [5.41, 5.74) is 2.44. The molecule has 0 N–H and O–H groups in total. The van der Waals surface area contributed by atoms with Crippen LogP contribution in [0, 0.1) is 10.1 Å². The molecule has 0 bridgehead atoms. The fraction of sp³-hybridized carbons (Fsp3) is 0.345. The van der Waals surface area contributed by atoms with E-state index >= 15 is 0 Å². The zero-order valence-corrected chi connectivity index (χ0v) is 24.1. The van der Waals surface area contributed by atoms with E-state index in [0.717, 1.165) is 31.9 Å². The summed E-state index contributed by atoms with van der Waals surface area (Å²) in [6, 6.07) is 11.1. The van der Waals surface area contributed by atoms with Crippen molar-refractivity contribution in [1.82, 2.24) is 9.47 Å². The average Bonchev–Trinajstić information content (AvgIpc) is 3.26. The summed E-state index contributed by atoms with van der Waals surface area (Å²) < 4.78 is 12.5. The number of hydrogen-bond donors (Lipinski definition) is 0. The fourth-order valence-electron chi connectivity index (χ4n) is 5.14. The van der Waals surface area contributed by atoms with Crippen molar-refractivity contribution in [3.8, 4) is 5.75 Å². The number of methoxy groups -OCH3 is 1. The molecule has 0 aliphatic carbocycles. The number of nitro groups is 1. The van der Waals surface area contributed by atoms with E-state index < -0.39 is 16.9 Å². The van der Waals surface area contributed by atoms with Gasteiger partial charge in [-0.1, -0.05) is 23.5 Å². The van der Waals surface area contributed by atoms with Crippen molar-refractivity contribution in [2.75, 3.05) is 51.8 Å². The van der Waals surface area contributed by atoms with Crippen molar-refractivity contribution in [3.63, 3.8) is 0 Å². The third kappa shape index (κ3) is 5.52. The quantitative estimate of drug-likeness (QED) is 0.239. The maximum Gasteiger partial charge on any atom is 0.338 e.